The van der Waals surface area contributed by atoms with Crippen LogP contribution in [0.5, 0.6) is 0 Å². The lowest BCUT2D eigenvalue weighted by atomic mass is 9.33. The maximum absolute atomic E-state index is 2.86. The fourth-order valence-electron chi connectivity index (χ4n) is 16.7. The van der Waals surface area contributed by atoms with Crippen LogP contribution in [0.1, 0.15) is 177 Å². The van der Waals surface area contributed by atoms with Crippen LogP contribution in [-0.2, 0) is 16.2 Å². The molecule has 3 aliphatic carbocycles. The summed E-state index contributed by atoms with van der Waals surface area (Å²) in [4.78, 5) is 0. The minimum absolute atomic E-state index is 0.0384. The van der Waals surface area contributed by atoms with Crippen LogP contribution < -0.4 is 16.4 Å². The Morgan fingerprint density at radius 3 is 1.55 bits per heavy atom. The maximum atomic E-state index is 2.86. The summed E-state index contributed by atoms with van der Waals surface area (Å²) >= 11 is 0. The minimum atomic E-state index is -0.515. The molecular formula is C75H73BN2. The largest absolute Gasteiger partial charge is 0.310 e. The summed E-state index contributed by atoms with van der Waals surface area (Å²) in [5, 5.41) is 4.26. The van der Waals surface area contributed by atoms with Crippen LogP contribution in [-0.4, -0.2) is 15.8 Å². The van der Waals surface area contributed by atoms with E-state index in [0.717, 1.165) is 0 Å². The molecule has 0 N–H and O–H groups in total. The number of aromatic nitrogens is 2. The zero-order valence-corrected chi connectivity index (χ0v) is 47.7. The van der Waals surface area contributed by atoms with Crippen molar-refractivity contribution in [1.82, 2.24) is 9.13 Å². The molecule has 6 aliphatic rings. The molecule has 2 saturated carbocycles. The van der Waals surface area contributed by atoms with Gasteiger partial charge in [-0.3, -0.25) is 0 Å². The normalized spacial score (nSPS) is 18.4. The van der Waals surface area contributed by atoms with Crippen molar-refractivity contribution in [3.8, 4) is 44.9 Å². The molecule has 3 heteroatoms. The first-order chi connectivity index (χ1) is 37.4. The predicted molar refractivity (Wildman–Crippen MR) is 331 cm³/mol. The van der Waals surface area contributed by atoms with E-state index in [2.05, 4.69) is 230 Å². The second-order valence-electron chi connectivity index (χ2n) is 28.8. The molecule has 2 nitrogen and oxygen atoms in total. The van der Waals surface area contributed by atoms with Crippen LogP contribution in [0.2, 0.25) is 0 Å². The van der Waals surface area contributed by atoms with Gasteiger partial charge in [0.15, 0.2) is 0 Å². The van der Waals surface area contributed by atoms with Crippen LogP contribution in [0.3, 0.4) is 0 Å². The van der Waals surface area contributed by atoms with Gasteiger partial charge >= 0.3 is 0 Å². The summed E-state index contributed by atoms with van der Waals surface area (Å²) in [6, 6.07) is 61.8. The van der Waals surface area contributed by atoms with Crippen LogP contribution in [0.25, 0.3) is 77.6 Å². The van der Waals surface area contributed by atoms with Gasteiger partial charge in [-0.05, 0) is 186 Å². The molecule has 2 aromatic heterocycles. The molecule has 2 fully saturated rings. The zero-order valence-electron chi connectivity index (χ0n) is 47.7. The summed E-state index contributed by atoms with van der Waals surface area (Å²) in [6.07, 6.45) is 10.0. The molecule has 0 radical (unpaired) electrons. The summed E-state index contributed by atoms with van der Waals surface area (Å²) in [7, 11) is 0. The molecular weight excluding hydrogens is 940 g/mol. The molecule has 8 aromatic carbocycles. The van der Waals surface area contributed by atoms with E-state index in [1.807, 2.05) is 0 Å². The fourth-order valence-corrected chi connectivity index (χ4v) is 16.7. The minimum Gasteiger partial charge on any atom is -0.310 e. The first kappa shape index (κ1) is 47.2. The van der Waals surface area contributed by atoms with Gasteiger partial charge in [0.2, 0.25) is 0 Å². The van der Waals surface area contributed by atoms with Gasteiger partial charge in [0.05, 0.1) is 16.6 Å². The Hall–Kier alpha value is -6.84. The van der Waals surface area contributed by atoms with E-state index in [-0.39, 0.29) is 17.5 Å². The Kier molecular flexibility index (Phi) is 9.51. The standard InChI is InChI=1S/C75H73BN2/c1-71(2,3)50-26-22-46(23-27-50)64-54-18-15-21-61-68(54)77(66(64)47-24-28-51(29-25-47)72(4,5)6)63-31-30-59-70-65(63)76(61)62-43-49(45-34-38-74(9,10)39-35-45)41-56-55-40-48(44-32-36-73(7,8)37-33-44)42-60(67(55)78(70)69(56)62)75(59)57-19-13-11-16-52(57)53-17-12-14-20-58(53)75/h11-31,40-45H,32-39H2,1-10H3. The van der Waals surface area contributed by atoms with Crippen molar-refractivity contribution in [3.05, 3.63) is 196 Å². The van der Waals surface area contributed by atoms with Gasteiger partial charge in [-0.15, -0.1) is 0 Å². The van der Waals surface area contributed by atoms with Crippen molar-refractivity contribution in [2.24, 2.45) is 10.8 Å². The first-order valence-corrected chi connectivity index (χ1v) is 29.8. The number of nitrogens with zero attached hydrogens (tertiary/aromatic N) is 2. The van der Waals surface area contributed by atoms with Crippen molar-refractivity contribution >= 4 is 55.8 Å². The van der Waals surface area contributed by atoms with E-state index in [1.165, 1.54) is 179 Å². The number of para-hydroxylation sites is 1. The summed E-state index contributed by atoms with van der Waals surface area (Å²) < 4.78 is 5.60. The van der Waals surface area contributed by atoms with Crippen molar-refractivity contribution in [2.45, 2.75) is 149 Å². The predicted octanol–water partition coefficient (Wildman–Crippen LogP) is 17.8. The van der Waals surface area contributed by atoms with E-state index >= 15 is 0 Å². The Labute approximate surface area is 463 Å². The van der Waals surface area contributed by atoms with Crippen molar-refractivity contribution < 1.29 is 0 Å². The van der Waals surface area contributed by atoms with E-state index in [1.54, 1.807) is 11.1 Å². The highest BCUT2D eigenvalue weighted by atomic mass is 15.1. The van der Waals surface area contributed by atoms with Gasteiger partial charge in [0.1, 0.15) is 0 Å². The second kappa shape index (κ2) is 15.7. The third kappa shape index (κ3) is 6.28. The lowest BCUT2D eigenvalue weighted by molar-refractivity contribution is 0.224. The Morgan fingerprint density at radius 1 is 0.449 bits per heavy atom. The highest BCUT2D eigenvalue weighted by molar-refractivity contribution is 7.00. The van der Waals surface area contributed by atoms with E-state index in [0.29, 0.717) is 22.7 Å². The maximum Gasteiger partial charge on any atom is 0.252 e. The van der Waals surface area contributed by atoms with Gasteiger partial charge in [-0.1, -0.05) is 203 Å². The molecule has 3 aliphatic heterocycles. The van der Waals surface area contributed by atoms with E-state index in [4.69, 9.17) is 0 Å². The molecule has 0 unspecified atom stereocenters. The lowest BCUT2D eigenvalue weighted by Gasteiger charge is -2.44. The van der Waals surface area contributed by atoms with E-state index < -0.39 is 5.41 Å². The Balaban J connectivity index is 1.07. The molecule has 1 spiro atoms. The van der Waals surface area contributed by atoms with Gasteiger partial charge in [-0.25, -0.2) is 0 Å². The van der Waals surface area contributed by atoms with E-state index in [9.17, 15) is 0 Å². The molecule has 10 aromatic rings. The van der Waals surface area contributed by atoms with Gasteiger partial charge < -0.3 is 9.13 Å². The average Bonchev–Trinajstić information content (AvgIpc) is 3.28. The molecule has 5 heterocycles. The van der Waals surface area contributed by atoms with Gasteiger partial charge in [0.25, 0.3) is 6.71 Å². The molecule has 0 atom stereocenters. The number of rotatable bonds is 4. The van der Waals surface area contributed by atoms with Crippen LogP contribution in [0.15, 0.2) is 152 Å². The number of benzene rings is 8. The van der Waals surface area contributed by atoms with Crippen LogP contribution in [0, 0.1) is 10.8 Å². The summed E-state index contributed by atoms with van der Waals surface area (Å²) in [5.74, 6) is 1.06. The molecule has 0 saturated heterocycles. The van der Waals surface area contributed by atoms with Crippen LogP contribution >= 0.6 is 0 Å². The lowest BCUT2D eigenvalue weighted by Crippen LogP contribution is -2.60. The Bertz CT molecular complexity index is 4170. The van der Waals surface area contributed by atoms with Gasteiger partial charge in [0, 0.05) is 44.1 Å². The highest BCUT2D eigenvalue weighted by Crippen LogP contribution is 2.63. The van der Waals surface area contributed by atoms with Crippen molar-refractivity contribution in [3.63, 3.8) is 0 Å². The monoisotopic (exact) mass is 1010 g/mol. The zero-order chi connectivity index (χ0) is 53.2. The van der Waals surface area contributed by atoms with Crippen LogP contribution in [0.4, 0.5) is 0 Å². The summed E-state index contributed by atoms with van der Waals surface area (Å²) in [5.41, 5.74) is 31.1. The number of hydrogen-bond acceptors (Lipinski definition) is 0. The number of hydrogen-bond donors (Lipinski definition) is 0. The molecule has 0 bridgehead atoms. The molecule has 0 amide bonds. The third-order valence-electron chi connectivity index (χ3n) is 21.1. The van der Waals surface area contributed by atoms with Crippen molar-refractivity contribution in [1.29, 1.82) is 0 Å². The third-order valence-corrected chi connectivity index (χ3v) is 21.1. The average molecular weight is 1010 g/mol. The highest BCUT2D eigenvalue weighted by Gasteiger charge is 2.55. The topological polar surface area (TPSA) is 9.86 Å². The second-order valence-corrected chi connectivity index (χ2v) is 28.8. The van der Waals surface area contributed by atoms with Gasteiger partial charge in [-0.2, -0.15) is 0 Å². The molecule has 386 valence electrons. The molecule has 16 rings (SSSR count). The van der Waals surface area contributed by atoms with Crippen molar-refractivity contribution in [2.75, 3.05) is 0 Å². The Morgan fingerprint density at radius 2 is 0.974 bits per heavy atom. The molecule has 78 heavy (non-hydrogen) atoms. The smallest absolute Gasteiger partial charge is 0.252 e. The summed E-state index contributed by atoms with van der Waals surface area (Å²) in [6.45, 7) is 24.0. The first-order valence-electron chi connectivity index (χ1n) is 29.8. The quantitative estimate of drug-likeness (QED) is 0.156. The fraction of sp³-hybridized carbons (Fsp3) is 0.333. The number of fused-ring (bicyclic) bond motifs is 11. The SMILES string of the molecule is CC1(C)CCC(c2cc3c4c(c2)c2cc(C5CCC(C)(C)CC5)cc5c2n4-c2c(ccc4c2B3c2cccc3c(-c6ccc(C(C)(C)C)cc6)c(-c6ccc(C(C)(C)C)cc6)n-4c23)C52c3ccccc3-c3ccccc32)CC1.